The number of benzene rings is 1. The number of hydrazine groups is 1. The largest absolute Gasteiger partial charge is 0.493 e. The van der Waals surface area contributed by atoms with Crippen LogP contribution in [0.25, 0.3) is 0 Å². The number of carbonyl (C=O) groups excluding carboxylic acids is 2. The molecular formula is C22H27N3O7. The van der Waals surface area contributed by atoms with E-state index in [4.69, 9.17) is 23.7 Å². The summed E-state index contributed by atoms with van der Waals surface area (Å²) >= 11 is 0. The minimum atomic E-state index is -0.368. The maximum Gasteiger partial charge on any atom is 0.277 e. The quantitative estimate of drug-likeness (QED) is 0.608. The molecule has 2 heterocycles. The molecule has 1 fully saturated rings. The zero-order valence-electron chi connectivity index (χ0n) is 18.8. The monoisotopic (exact) mass is 445 g/mol. The Labute approximate surface area is 186 Å². The number of ether oxygens (including phenoxy) is 5. The Morgan fingerprint density at radius 1 is 0.875 bits per heavy atom. The highest BCUT2D eigenvalue weighted by molar-refractivity contribution is 5.98. The van der Waals surface area contributed by atoms with Crippen molar-refractivity contribution in [3.63, 3.8) is 0 Å². The van der Waals surface area contributed by atoms with Crippen molar-refractivity contribution < 1.29 is 33.3 Å². The van der Waals surface area contributed by atoms with Crippen molar-refractivity contribution in [3.05, 3.63) is 35.4 Å². The number of methoxy groups -OCH3 is 5. The van der Waals surface area contributed by atoms with Crippen LogP contribution in [0.15, 0.2) is 24.3 Å². The van der Waals surface area contributed by atoms with E-state index in [1.807, 2.05) is 0 Å². The summed E-state index contributed by atoms with van der Waals surface area (Å²) in [5.41, 5.74) is 0.924. The molecule has 10 nitrogen and oxygen atoms in total. The van der Waals surface area contributed by atoms with Crippen molar-refractivity contribution in [3.8, 4) is 29.0 Å². The van der Waals surface area contributed by atoms with Crippen molar-refractivity contribution in [1.82, 2.24) is 15.0 Å². The van der Waals surface area contributed by atoms with Crippen LogP contribution in [0.5, 0.6) is 29.0 Å². The summed E-state index contributed by atoms with van der Waals surface area (Å²) in [5.74, 6) is 1.23. The van der Waals surface area contributed by atoms with Crippen LogP contribution in [0.4, 0.5) is 0 Å². The van der Waals surface area contributed by atoms with Gasteiger partial charge in [0.15, 0.2) is 11.5 Å². The molecule has 1 saturated heterocycles. The second-order valence-electron chi connectivity index (χ2n) is 6.92. The van der Waals surface area contributed by atoms with Crippen molar-refractivity contribution >= 4 is 11.8 Å². The molecule has 1 aromatic carbocycles. The molecule has 2 amide bonds. The zero-order chi connectivity index (χ0) is 23.3. The normalized spacial score (nSPS) is 13.0. The molecule has 0 saturated carbocycles. The van der Waals surface area contributed by atoms with Crippen molar-refractivity contribution in [2.45, 2.75) is 12.8 Å². The Balaban J connectivity index is 1.83. The Bertz CT molecular complexity index is 970. The van der Waals surface area contributed by atoms with Gasteiger partial charge in [0, 0.05) is 19.2 Å². The number of hydrogen-bond acceptors (Lipinski definition) is 8. The predicted octanol–water partition coefficient (Wildman–Crippen LogP) is 1.96. The lowest BCUT2D eigenvalue weighted by Crippen LogP contribution is -2.45. The first-order valence-electron chi connectivity index (χ1n) is 9.97. The highest BCUT2D eigenvalue weighted by Crippen LogP contribution is 2.38. The van der Waals surface area contributed by atoms with E-state index in [1.165, 1.54) is 45.6 Å². The molecule has 32 heavy (non-hydrogen) atoms. The van der Waals surface area contributed by atoms with Gasteiger partial charge >= 0.3 is 0 Å². The minimum Gasteiger partial charge on any atom is -0.493 e. The molecule has 0 radical (unpaired) electrons. The van der Waals surface area contributed by atoms with E-state index in [-0.39, 0.29) is 29.7 Å². The van der Waals surface area contributed by atoms with Crippen LogP contribution in [0.3, 0.4) is 0 Å². The number of pyridine rings is 1. The van der Waals surface area contributed by atoms with E-state index in [1.54, 1.807) is 24.3 Å². The zero-order valence-corrected chi connectivity index (χ0v) is 18.8. The van der Waals surface area contributed by atoms with Gasteiger partial charge in [0.2, 0.25) is 23.4 Å². The van der Waals surface area contributed by atoms with Gasteiger partial charge in [-0.3, -0.25) is 14.6 Å². The maximum absolute atomic E-state index is 13.2. The smallest absolute Gasteiger partial charge is 0.277 e. The van der Waals surface area contributed by atoms with Gasteiger partial charge in [-0.05, 0) is 30.2 Å². The standard InChI is InChI=1S/C22H27N3O7/c1-28-16-11-14(12-17(29-2)20(16)31-4)13-19(26)24-9-6-10-25(24)22(27)15-7-8-18(30-3)23-21(15)32-5/h7-8,11-12H,6,9-10,13H2,1-5H3. The summed E-state index contributed by atoms with van der Waals surface area (Å²) in [4.78, 5) is 30.5. The first kappa shape index (κ1) is 23.0. The number of hydrogen-bond donors (Lipinski definition) is 0. The fraction of sp³-hybridized carbons (Fsp3) is 0.409. The first-order valence-corrected chi connectivity index (χ1v) is 9.97. The summed E-state index contributed by atoms with van der Waals surface area (Å²) < 4.78 is 26.4. The van der Waals surface area contributed by atoms with Crippen LogP contribution < -0.4 is 23.7 Å². The van der Waals surface area contributed by atoms with Gasteiger partial charge in [0.1, 0.15) is 5.56 Å². The SMILES string of the molecule is COc1ccc(C(=O)N2CCCN2C(=O)Cc2cc(OC)c(OC)c(OC)c2)c(OC)n1. The van der Waals surface area contributed by atoms with Gasteiger partial charge in [0.05, 0.1) is 42.0 Å². The van der Waals surface area contributed by atoms with E-state index in [2.05, 4.69) is 4.98 Å². The fourth-order valence-corrected chi connectivity index (χ4v) is 3.58. The lowest BCUT2D eigenvalue weighted by molar-refractivity contribution is -0.139. The summed E-state index contributed by atoms with van der Waals surface area (Å²) in [6, 6.07) is 6.59. The maximum atomic E-state index is 13.2. The third kappa shape index (κ3) is 4.48. The van der Waals surface area contributed by atoms with E-state index in [0.29, 0.717) is 48.2 Å². The minimum absolute atomic E-state index is 0.0541. The Kier molecular flexibility index (Phi) is 7.24. The summed E-state index contributed by atoms with van der Waals surface area (Å²) in [5, 5.41) is 2.88. The van der Waals surface area contributed by atoms with Gasteiger partial charge in [-0.25, -0.2) is 5.01 Å². The lowest BCUT2D eigenvalue weighted by atomic mass is 10.1. The van der Waals surface area contributed by atoms with E-state index < -0.39 is 0 Å². The van der Waals surface area contributed by atoms with Crippen LogP contribution in [0.1, 0.15) is 22.3 Å². The molecule has 0 N–H and O–H groups in total. The number of aromatic nitrogens is 1. The molecule has 0 aliphatic carbocycles. The first-order chi connectivity index (χ1) is 15.5. The van der Waals surface area contributed by atoms with Gasteiger partial charge < -0.3 is 23.7 Å². The van der Waals surface area contributed by atoms with Gasteiger partial charge in [-0.1, -0.05) is 0 Å². The molecule has 1 aliphatic rings. The van der Waals surface area contributed by atoms with E-state index >= 15 is 0 Å². The molecule has 3 rings (SSSR count). The second kappa shape index (κ2) is 10.1. The third-order valence-electron chi connectivity index (χ3n) is 5.10. The van der Waals surface area contributed by atoms with Gasteiger partial charge in [0.25, 0.3) is 5.91 Å². The average Bonchev–Trinajstić information content (AvgIpc) is 3.32. The molecule has 0 atom stereocenters. The molecular weight excluding hydrogens is 418 g/mol. The van der Waals surface area contributed by atoms with Crippen LogP contribution in [-0.4, -0.2) is 75.5 Å². The molecule has 1 aliphatic heterocycles. The fourth-order valence-electron chi connectivity index (χ4n) is 3.58. The molecule has 0 unspecified atom stereocenters. The van der Waals surface area contributed by atoms with E-state index in [9.17, 15) is 9.59 Å². The van der Waals surface area contributed by atoms with Crippen LogP contribution in [-0.2, 0) is 11.2 Å². The topological polar surface area (TPSA) is 99.7 Å². The predicted molar refractivity (Wildman–Crippen MR) is 115 cm³/mol. The van der Waals surface area contributed by atoms with Crippen LogP contribution >= 0.6 is 0 Å². The van der Waals surface area contributed by atoms with Crippen LogP contribution in [0.2, 0.25) is 0 Å². The third-order valence-corrected chi connectivity index (χ3v) is 5.10. The van der Waals surface area contributed by atoms with Gasteiger partial charge in [-0.15, -0.1) is 0 Å². The van der Waals surface area contributed by atoms with Gasteiger partial charge in [-0.2, -0.15) is 4.98 Å². The molecule has 10 heteroatoms. The second-order valence-corrected chi connectivity index (χ2v) is 6.92. The Morgan fingerprint density at radius 2 is 1.53 bits per heavy atom. The Hall–Kier alpha value is -3.69. The lowest BCUT2D eigenvalue weighted by Gasteiger charge is -2.28. The highest BCUT2D eigenvalue weighted by atomic mass is 16.5. The number of rotatable bonds is 8. The number of amides is 2. The summed E-state index contributed by atoms with van der Waals surface area (Å²) in [6.45, 7) is 0.843. The highest BCUT2D eigenvalue weighted by Gasteiger charge is 2.33. The molecule has 2 aromatic rings. The summed E-state index contributed by atoms with van der Waals surface area (Å²) in [7, 11) is 7.45. The number of nitrogens with zero attached hydrogens (tertiary/aromatic N) is 3. The van der Waals surface area contributed by atoms with Crippen molar-refractivity contribution in [2.75, 3.05) is 48.6 Å². The summed E-state index contributed by atoms with van der Waals surface area (Å²) in [6.07, 6.45) is 0.719. The molecule has 0 spiro atoms. The number of carbonyl (C=O) groups is 2. The van der Waals surface area contributed by atoms with Crippen molar-refractivity contribution in [1.29, 1.82) is 0 Å². The van der Waals surface area contributed by atoms with Crippen molar-refractivity contribution in [2.24, 2.45) is 0 Å². The molecule has 172 valence electrons. The average molecular weight is 445 g/mol. The Morgan fingerprint density at radius 3 is 2.09 bits per heavy atom. The van der Waals surface area contributed by atoms with Crippen LogP contribution in [0, 0.1) is 0 Å². The molecule has 0 bridgehead atoms. The molecule has 1 aromatic heterocycles. The van der Waals surface area contributed by atoms with E-state index in [0.717, 1.165) is 0 Å².